The van der Waals surface area contributed by atoms with Crippen molar-refractivity contribution in [2.75, 3.05) is 33.4 Å². The van der Waals surface area contributed by atoms with Crippen LogP contribution in [0.25, 0.3) is 0 Å². The van der Waals surface area contributed by atoms with Crippen molar-refractivity contribution in [1.29, 1.82) is 0 Å². The predicted octanol–water partition coefficient (Wildman–Crippen LogP) is 1.89. The number of nitrogens with one attached hydrogen (secondary N) is 2. The molecule has 1 amide bonds. The van der Waals surface area contributed by atoms with E-state index in [2.05, 4.69) is 10.6 Å². The van der Waals surface area contributed by atoms with Crippen LogP contribution in [0.1, 0.15) is 5.56 Å². The summed E-state index contributed by atoms with van der Waals surface area (Å²) in [5.74, 6) is -0.0378. The first-order chi connectivity index (χ1) is 9.11. The molecule has 0 bridgehead atoms. The van der Waals surface area contributed by atoms with Gasteiger partial charge < -0.3 is 15.4 Å². The van der Waals surface area contributed by atoms with Crippen LogP contribution in [-0.2, 0) is 16.0 Å². The Kier molecular flexibility index (Phi) is 7.82. The van der Waals surface area contributed by atoms with E-state index in [0.717, 1.165) is 5.56 Å². The molecule has 4 nitrogen and oxygen atoms in total. The summed E-state index contributed by atoms with van der Waals surface area (Å²) in [6.45, 7) is 2.10. The summed E-state index contributed by atoms with van der Waals surface area (Å²) in [6.07, 6.45) is 0.699. The Morgan fingerprint density at radius 3 is 2.53 bits per heavy atom. The highest BCUT2D eigenvalue weighted by atomic mass is 35.5. The molecule has 0 saturated carbocycles. The molecule has 1 rings (SSSR count). The number of benzene rings is 1. The second-order valence-electron chi connectivity index (χ2n) is 4.05. The number of amides is 1. The Morgan fingerprint density at radius 2 is 1.89 bits per heavy atom. The fourth-order valence-electron chi connectivity index (χ4n) is 1.54. The van der Waals surface area contributed by atoms with Gasteiger partial charge in [0.2, 0.25) is 5.91 Å². The van der Waals surface area contributed by atoms with E-state index in [1.165, 1.54) is 0 Å². The topological polar surface area (TPSA) is 50.4 Å². The molecule has 0 saturated heterocycles. The normalized spacial score (nSPS) is 10.5. The molecule has 0 unspecified atom stereocenters. The lowest BCUT2D eigenvalue weighted by Gasteiger charge is -2.07. The SMILES string of the molecule is COCCNCC(=O)NCCc1cc(Cl)cc(Cl)c1. The highest BCUT2D eigenvalue weighted by Gasteiger charge is 2.01. The highest BCUT2D eigenvalue weighted by Crippen LogP contribution is 2.19. The quantitative estimate of drug-likeness (QED) is 0.721. The Morgan fingerprint density at radius 1 is 1.21 bits per heavy atom. The summed E-state index contributed by atoms with van der Waals surface area (Å²) >= 11 is 11.8. The monoisotopic (exact) mass is 304 g/mol. The van der Waals surface area contributed by atoms with E-state index in [-0.39, 0.29) is 5.91 Å². The minimum Gasteiger partial charge on any atom is -0.383 e. The van der Waals surface area contributed by atoms with Crippen LogP contribution >= 0.6 is 23.2 Å². The molecule has 0 fully saturated rings. The third-order valence-electron chi connectivity index (χ3n) is 2.43. The average molecular weight is 305 g/mol. The first-order valence-electron chi connectivity index (χ1n) is 6.03. The smallest absolute Gasteiger partial charge is 0.233 e. The maximum atomic E-state index is 11.5. The summed E-state index contributed by atoms with van der Waals surface area (Å²) in [5, 5.41) is 7.01. The standard InChI is InChI=1S/C13H18Cl2N2O2/c1-19-5-4-16-9-13(18)17-3-2-10-6-11(14)8-12(15)7-10/h6-8,16H,2-5,9H2,1H3,(H,17,18). The van der Waals surface area contributed by atoms with E-state index < -0.39 is 0 Å². The van der Waals surface area contributed by atoms with Gasteiger partial charge in [0, 0.05) is 30.2 Å². The van der Waals surface area contributed by atoms with Gasteiger partial charge in [-0.2, -0.15) is 0 Å². The van der Waals surface area contributed by atoms with E-state index in [0.29, 0.717) is 42.7 Å². The molecule has 6 heteroatoms. The van der Waals surface area contributed by atoms with Gasteiger partial charge in [-0.3, -0.25) is 4.79 Å². The summed E-state index contributed by atoms with van der Waals surface area (Å²) < 4.78 is 4.87. The van der Waals surface area contributed by atoms with Gasteiger partial charge in [0.15, 0.2) is 0 Å². The number of ether oxygens (including phenoxy) is 1. The van der Waals surface area contributed by atoms with E-state index in [4.69, 9.17) is 27.9 Å². The molecule has 0 aliphatic heterocycles. The lowest BCUT2D eigenvalue weighted by molar-refractivity contribution is -0.120. The molecule has 0 aliphatic rings. The number of halogens is 2. The number of carbonyl (C=O) groups excluding carboxylic acids is 1. The van der Waals surface area contributed by atoms with Gasteiger partial charge in [-0.1, -0.05) is 23.2 Å². The fraction of sp³-hybridized carbons (Fsp3) is 0.462. The Bertz CT molecular complexity index is 393. The molecule has 0 heterocycles. The van der Waals surface area contributed by atoms with Crippen LogP contribution in [0.4, 0.5) is 0 Å². The molecule has 0 radical (unpaired) electrons. The molecule has 1 aromatic rings. The van der Waals surface area contributed by atoms with Crippen molar-refractivity contribution < 1.29 is 9.53 Å². The zero-order valence-corrected chi connectivity index (χ0v) is 12.4. The molecule has 0 aliphatic carbocycles. The first kappa shape index (κ1) is 16.2. The summed E-state index contributed by atoms with van der Waals surface area (Å²) in [6, 6.07) is 5.37. The van der Waals surface area contributed by atoms with Gasteiger partial charge in [0.05, 0.1) is 13.2 Å². The molecule has 0 atom stereocenters. The van der Waals surface area contributed by atoms with Crippen LogP contribution in [0.3, 0.4) is 0 Å². The molecule has 2 N–H and O–H groups in total. The lowest BCUT2D eigenvalue weighted by Crippen LogP contribution is -2.36. The molecule has 106 valence electrons. The second kappa shape index (κ2) is 9.15. The van der Waals surface area contributed by atoms with Crippen molar-refractivity contribution in [2.45, 2.75) is 6.42 Å². The maximum absolute atomic E-state index is 11.5. The first-order valence-corrected chi connectivity index (χ1v) is 6.78. The molecule has 19 heavy (non-hydrogen) atoms. The summed E-state index contributed by atoms with van der Waals surface area (Å²) in [4.78, 5) is 11.5. The fourth-order valence-corrected chi connectivity index (χ4v) is 2.11. The van der Waals surface area contributed by atoms with Crippen molar-refractivity contribution in [1.82, 2.24) is 10.6 Å². The van der Waals surface area contributed by atoms with Gasteiger partial charge in [-0.05, 0) is 30.2 Å². The van der Waals surface area contributed by atoms with Gasteiger partial charge in [0.25, 0.3) is 0 Å². The lowest BCUT2D eigenvalue weighted by atomic mass is 10.1. The minimum absolute atomic E-state index is 0.0378. The molecule has 1 aromatic carbocycles. The predicted molar refractivity (Wildman–Crippen MR) is 77.9 cm³/mol. The van der Waals surface area contributed by atoms with Gasteiger partial charge >= 0.3 is 0 Å². The van der Waals surface area contributed by atoms with Crippen molar-refractivity contribution in [3.63, 3.8) is 0 Å². The largest absolute Gasteiger partial charge is 0.383 e. The zero-order valence-electron chi connectivity index (χ0n) is 10.8. The van der Waals surface area contributed by atoms with Crippen LogP contribution in [0.2, 0.25) is 10.0 Å². The Hall–Kier alpha value is -0.810. The molecular weight excluding hydrogens is 287 g/mol. The number of hydrogen-bond donors (Lipinski definition) is 2. The van der Waals surface area contributed by atoms with Crippen molar-refractivity contribution >= 4 is 29.1 Å². The third kappa shape index (κ3) is 7.38. The Balaban J connectivity index is 2.20. The molecule has 0 aromatic heterocycles. The van der Waals surface area contributed by atoms with Gasteiger partial charge in [-0.15, -0.1) is 0 Å². The number of methoxy groups -OCH3 is 1. The second-order valence-corrected chi connectivity index (χ2v) is 4.92. The van der Waals surface area contributed by atoms with Crippen molar-refractivity contribution in [3.05, 3.63) is 33.8 Å². The van der Waals surface area contributed by atoms with Crippen molar-refractivity contribution in [2.24, 2.45) is 0 Å². The third-order valence-corrected chi connectivity index (χ3v) is 2.86. The van der Waals surface area contributed by atoms with Crippen LogP contribution in [0.5, 0.6) is 0 Å². The van der Waals surface area contributed by atoms with Crippen LogP contribution < -0.4 is 10.6 Å². The summed E-state index contributed by atoms with van der Waals surface area (Å²) in [7, 11) is 1.62. The maximum Gasteiger partial charge on any atom is 0.233 e. The highest BCUT2D eigenvalue weighted by molar-refractivity contribution is 6.34. The van der Waals surface area contributed by atoms with Crippen molar-refractivity contribution in [3.8, 4) is 0 Å². The van der Waals surface area contributed by atoms with Crippen LogP contribution in [0, 0.1) is 0 Å². The van der Waals surface area contributed by atoms with E-state index in [1.807, 2.05) is 12.1 Å². The van der Waals surface area contributed by atoms with Gasteiger partial charge in [-0.25, -0.2) is 0 Å². The van der Waals surface area contributed by atoms with Crippen LogP contribution in [0.15, 0.2) is 18.2 Å². The Labute approximate surface area is 123 Å². The van der Waals surface area contributed by atoms with Gasteiger partial charge in [0.1, 0.15) is 0 Å². The molecular formula is C13H18Cl2N2O2. The zero-order chi connectivity index (χ0) is 14.1. The summed E-state index contributed by atoms with van der Waals surface area (Å²) in [5.41, 5.74) is 1.00. The number of hydrogen-bond acceptors (Lipinski definition) is 3. The van der Waals surface area contributed by atoms with E-state index in [9.17, 15) is 4.79 Å². The number of rotatable bonds is 8. The van der Waals surface area contributed by atoms with E-state index >= 15 is 0 Å². The van der Waals surface area contributed by atoms with Crippen LogP contribution in [-0.4, -0.2) is 39.3 Å². The van der Waals surface area contributed by atoms with E-state index in [1.54, 1.807) is 13.2 Å². The molecule has 0 spiro atoms. The number of carbonyl (C=O) groups is 1. The minimum atomic E-state index is -0.0378. The average Bonchev–Trinajstić information content (AvgIpc) is 2.33.